The molecule has 8 atom stereocenters. The van der Waals surface area contributed by atoms with E-state index >= 15 is 0 Å². The second-order valence-corrected chi connectivity index (χ2v) is 14.1. The Morgan fingerprint density at radius 1 is 0.972 bits per heavy atom. The summed E-state index contributed by atoms with van der Waals surface area (Å²) < 4.78 is 0. The summed E-state index contributed by atoms with van der Waals surface area (Å²) in [5, 5.41) is 3.36. The van der Waals surface area contributed by atoms with Gasteiger partial charge in [0.1, 0.15) is 0 Å². The van der Waals surface area contributed by atoms with E-state index in [1.54, 1.807) is 5.57 Å². The minimum absolute atomic E-state index is 0.0893. The third-order valence-corrected chi connectivity index (χ3v) is 11.7. The Bertz CT molecular complexity index is 949. The highest BCUT2D eigenvalue weighted by Crippen LogP contribution is 2.67. The van der Waals surface area contributed by atoms with Gasteiger partial charge in [-0.3, -0.25) is 4.79 Å². The molecule has 4 aliphatic carbocycles. The number of nitrogens with one attached hydrogen (secondary N) is 1. The zero-order valence-corrected chi connectivity index (χ0v) is 23.7. The molecule has 0 aromatic heterocycles. The average molecular weight is 490 g/mol. The molecular weight excluding hydrogens is 438 g/mol. The first-order valence-electron chi connectivity index (χ1n) is 15.3. The van der Waals surface area contributed by atoms with Crippen LogP contribution >= 0.6 is 0 Å². The number of fused-ring (bicyclic) bond motifs is 5. The lowest BCUT2D eigenvalue weighted by atomic mass is 9.47. The third-order valence-electron chi connectivity index (χ3n) is 11.7. The van der Waals surface area contributed by atoms with Gasteiger partial charge in [-0.2, -0.15) is 0 Å². The molecule has 2 heteroatoms. The predicted octanol–water partition coefficient (Wildman–Crippen LogP) is 8.83. The fraction of sp³-hybridized carbons (Fsp3) is 0.735. The SMILES string of the molecule is CC(C)CCC[C@@H](C)[C@H]1CCC2C3CC=C4C[C@H](NC(=O)c5ccccc5)CC[C@]4(C)C3CC[C@@]21C. The molecule has 4 aliphatic rings. The molecule has 1 aromatic rings. The summed E-state index contributed by atoms with van der Waals surface area (Å²) in [5.74, 6) is 5.37. The largest absolute Gasteiger partial charge is 0.349 e. The number of benzene rings is 1. The molecule has 198 valence electrons. The number of hydrogen-bond donors (Lipinski definition) is 1. The van der Waals surface area contributed by atoms with Crippen molar-refractivity contribution in [3.8, 4) is 0 Å². The second-order valence-electron chi connectivity index (χ2n) is 14.1. The molecule has 0 spiro atoms. The average Bonchev–Trinajstić information content (AvgIpc) is 3.22. The quantitative estimate of drug-likeness (QED) is 0.381. The van der Waals surface area contributed by atoms with Crippen molar-refractivity contribution < 1.29 is 4.79 Å². The Labute approximate surface area is 221 Å². The zero-order chi connectivity index (χ0) is 25.5. The maximum Gasteiger partial charge on any atom is 0.251 e. The highest BCUT2D eigenvalue weighted by Gasteiger charge is 2.59. The van der Waals surface area contributed by atoms with E-state index in [2.05, 4.69) is 46.0 Å². The Kier molecular flexibility index (Phi) is 7.45. The lowest BCUT2D eigenvalue weighted by Gasteiger charge is -2.58. The summed E-state index contributed by atoms with van der Waals surface area (Å²) in [6.07, 6.45) is 17.3. The summed E-state index contributed by atoms with van der Waals surface area (Å²) >= 11 is 0. The standard InChI is InChI=1S/C34H51NO/c1-23(2)10-9-11-24(3)29-16-17-30-28-15-14-26-22-27(35-32(36)25-12-7-6-8-13-25)18-20-33(26,4)31(28)19-21-34(29,30)5/h6-8,12-14,23-24,27-31H,9-11,15-22H2,1-5H3,(H,35,36)/t24-,27-,28?,29-,30?,31?,33+,34-/m1/s1. The van der Waals surface area contributed by atoms with Gasteiger partial charge in [0.2, 0.25) is 0 Å². The summed E-state index contributed by atoms with van der Waals surface area (Å²) in [6.45, 7) is 12.6. The predicted molar refractivity (Wildman–Crippen MR) is 151 cm³/mol. The lowest BCUT2D eigenvalue weighted by Crippen LogP contribution is -2.52. The molecule has 0 bridgehead atoms. The molecule has 3 saturated carbocycles. The minimum Gasteiger partial charge on any atom is -0.349 e. The molecule has 36 heavy (non-hydrogen) atoms. The first kappa shape index (κ1) is 26.1. The number of amides is 1. The maximum absolute atomic E-state index is 12.8. The Morgan fingerprint density at radius 3 is 2.50 bits per heavy atom. The Balaban J connectivity index is 1.25. The number of hydrogen-bond acceptors (Lipinski definition) is 1. The molecule has 0 radical (unpaired) electrons. The van der Waals surface area contributed by atoms with Crippen LogP contribution in [0.4, 0.5) is 0 Å². The lowest BCUT2D eigenvalue weighted by molar-refractivity contribution is -0.0513. The van der Waals surface area contributed by atoms with E-state index in [9.17, 15) is 4.79 Å². The molecule has 3 fully saturated rings. The van der Waals surface area contributed by atoms with Crippen LogP contribution in [0.3, 0.4) is 0 Å². The summed E-state index contributed by atoms with van der Waals surface area (Å²) in [6, 6.07) is 10.0. The van der Waals surface area contributed by atoms with E-state index in [1.807, 2.05) is 30.3 Å². The highest BCUT2D eigenvalue weighted by molar-refractivity contribution is 5.94. The molecule has 2 nitrogen and oxygen atoms in total. The first-order valence-corrected chi connectivity index (χ1v) is 15.3. The maximum atomic E-state index is 12.8. The molecule has 0 heterocycles. The monoisotopic (exact) mass is 489 g/mol. The van der Waals surface area contributed by atoms with Gasteiger partial charge in [0.25, 0.3) is 5.91 Å². The van der Waals surface area contributed by atoms with Gasteiger partial charge in [0.15, 0.2) is 0 Å². The van der Waals surface area contributed by atoms with Gasteiger partial charge in [0, 0.05) is 11.6 Å². The molecular formula is C34H51NO. The van der Waals surface area contributed by atoms with Crippen LogP contribution in [0.5, 0.6) is 0 Å². The van der Waals surface area contributed by atoms with Gasteiger partial charge in [-0.05, 0) is 110 Å². The van der Waals surface area contributed by atoms with Crippen LogP contribution < -0.4 is 5.32 Å². The van der Waals surface area contributed by atoms with Crippen LogP contribution in [0.1, 0.15) is 116 Å². The minimum atomic E-state index is 0.0893. The summed E-state index contributed by atoms with van der Waals surface area (Å²) in [4.78, 5) is 12.8. The van der Waals surface area contributed by atoms with Gasteiger partial charge in [0.05, 0.1) is 0 Å². The van der Waals surface area contributed by atoms with Crippen molar-refractivity contribution >= 4 is 5.91 Å². The van der Waals surface area contributed by atoms with Crippen LogP contribution in [0, 0.1) is 46.3 Å². The van der Waals surface area contributed by atoms with Crippen molar-refractivity contribution in [2.75, 3.05) is 0 Å². The van der Waals surface area contributed by atoms with Crippen molar-refractivity contribution in [2.45, 2.75) is 111 Å². The molecule has 1 N–H and O–H groups in total. The summed E-state index contributed by atoms with van der Waals surface area (Å²) in [5.41, 5.74) is 3.35. The van der Waals surface area contributed by atoms with Crippen molar-refractivity contribution in [1.29, 1.82) is 0 Å². The van der Waals surface area contributed by atoms with Crippen LogP contribution in [-0.4, -0.2) is 11.9 Å². The number of carbonyl (C=O) groups is 1. The molecule has 0 aliphatic heterocycles. The van der Waals surface area contributed by atoms with E-state index in [4.69, 9.17) is 0 Å². The van der Waals surface area contributed by atoms with E-state index in [1.165, 1.54) is 57.8 Å². The van der Waals surface area contributed by atoms with Gasteiger partial charge in [-0.1, -0.05) is 83.7 Å². The zero-order valence-electron chi connectivity index (χ0n) is 23.7. The van der Waals surface area contributed by atoms with Crippen molar-refractivity contribution in [3.05, 3.63) is 47.5 Å². The van der Waals surface area contributed by atoms with Crippen LogP contribution in [0.15, 0.2) is 42.0 Å². The highest BCUT2D eigenvalue weighted by atomic mass is 16.1. The number of rotatable bonds is 7. The first-order chi connectivity index (χ1) is 17.2. The van der Waals surface area contributed by atoms with Crippen molar-refractivity contribution in [3.63, 3.8) is 0 Å². The molecule has 3 unspecified atom stereocenters. The third kappa shape index (κ3) is 4.71. The fourth-order valence-corrected chi connectivity index (χ4v) is 9.67. The van der Waals surface area contributed by atoms with Gasteiger partial charge >= 0.3 is 0 Å². The molecule has 0 saturated heterocycles. The number of carbonyl (C=O) groups excluding carboxylic acids is 1. The van der Waals surface area contributed by atoms with E-state index in [0.717, 1.165) is 53.9 Å². The molecule has 1 amide bonds. The molecule has 5 rings (SSSR count). The topological polar surface area (TPSA) is 29.1 Å². The van der Waals surface area contributed by atoms with Gasteiger partial charge in [-0.25, -0.2) is 0 Å². The molecule has 1 aromatic carbocycles. The van der Waals surface area contributed by atoms with Crippen molar-refractivity contribution in [2.24, 2.45) is 46.3 Å². The number of allylic oxidation sites excluding steroid dienone is 1. The van der Waals surface area contributed by atoms with E-state index in [0.29, 0.717) is 10.8 Å². The van der Waals surface area contributed by atoms with Crippen LogP contribution in [-0.2, 0) is 0 Å². The Morgan fingerprint density at radius 2 is 1.75 bits per heavy atom. The Hall–Kier alpha value is -1.57. The van der Waals surface area contributed by atoms with E-state index < -0.39 is 0 Å². The van der Waals surface area contributed by atoms with Crippen LogP contribution in [0.2, 0.25) is 0 Å². The second kappa shape index (κ2) is 10.3. The smallest absolute Gasteiger partial charge is 0.251 e. The van der Waals surface area contributed by atoms with Gasteiger partial charge < -0.3 is 5.32 Å². The normalized spacial score (nSPS) is 38.5. The van der Waals surface area contributed by atoms with Gasteiger partial charge in [-0.15, -0.1) is 0 Å². The summed E-state index contributed by atoms with van der Waals surface area (Å²) in [7, 11) is 0. The fourth-order valence-electron chi connectivity index (χ4n) is 9.67. The van der Waals surface area contributed by atoms with Crippen LogP contribution in [0.25, 0.3) is 0 Å². The van der Waals surface area contributed by atoms with E-state index in [-0.39, 0.29) is 11.9 Å². The van der Waals surface area contributed by atoms with Crippen molar-refractivity contribution in [1.82, 2.24) is 5.32 Å².